The third-order valence-electron chi connectivity index (χ3n) is 3.01. The van der Waals surface area contributed by atoms with Crippen molar-refractivity contribution in [1.82, 2.24) is 20.5 Å². The van der Waals surface area contributed by atoms with Crippen LogP contribution < -0.4 is 16.4 Å². The fraction of sp³-hybridized carbons (Fsp3) is 0.429. The second-order valence-corrected chi connectivity index (χ2v) is 6.11. The van der Waals surface area contributed by atoms with Crippen molar-refractivity contribution in [2.24, 2.45) is 0 Å². The van der Waals surface area contributed by atoms with Crippen LogP contribution in [-0.2, 0) is 17.6 Å². The molecule has 0 atom stereocenters. The molecule has 0 aliphatic heterocycles. The molecule has 0 radical (unpaired) electrons. The maximum absolute atomic E-state index is 11.8. The average Bonchev–Trinajstić information content (AvgIpc) is 2.92. The first kappa shape index (κ1) is 16.2. The van der Waals surface area contributed by atoms with Crippen LogP contribution in [0.15, 0.2) is 21.0 Å². The minimum atomic E-state index is -0.462. The SMILES string of the molecule is CC(C)c1nc(CCNC(=O)Cc2cc(=O)[nH][nH]c2=O)cs1. The van der Waals surface area contributed by atoms with E-state index in [1.54, 1.807) is 11.3 Å². The lowest BCUT2D eigenvalue weighted by molar-refractivity contribution is -0.120. The van der Waals surface area contributed by atoms with Crippen LogP contribution >= 0.6 is 11.3 Å². The fourth-order valence-electron chi connectivity index (χ4n) is 1.86. The molecule has 2 heterocycles. The molecule has 0 aliphatic rings. The number of thiazole rings is 1. The molecule has 1 amide bonds. The van der Waals surface area contributed by atoms with Gasteiger partial charge >= 0.3 is 0 Å². The molecular weight excluding hydrogens is 304 g/mol. The van der Waals surface area contributed by atoms with Crippen LogP contribution in [0.5, 0.6) is 0 Å². The predicted octanol–water partition coefficient (Wildman–Crippen LogP) is 0.545. The minimum absolute atomic E-state index is 0.117. The van der Waals surface area contributed by atoms with Gasteiger partial charge in [0.15, 0.2) is 0 Å². The summed E-state index contributed by atoms with van der Waals surface area (Å²) in [4.78, 5) is 38.8. The highest BCUT2D eigenvalue weighted by molar-refractivity contribution is 7.09. The first-order valence-electron chi connectivity index (χ1n) is 6.97. The van der Waals surface area contributed by atoms with Crippen molar-refractivity contribution >= 4 is 17.2 Å². The van der Waals surface area contributed by atoms with Crippen molar-refractivity contribution < 1.29 is 4.79 Å². The molecular formula is C14H18N4O3S. The summed E-state index contributed by atoms with van der Waals surface area (Å²) < 4.78 is 0. The lowest BCUT2D eigenvalue weighted by Gasteiger charge is -2.03. The molecule has 0 aromatic carbocycles. The van der Waals surface area contributed by atoms with Gasteiger partial charge in [0.1, 0.15) is 0 Å². The monoisotopic (exact) mass is 322 g/mol. The number of nitrogens with zero attached hydrogens (tertiary/aromatic N) is 1. The number of hydrogen-bond donors (Lipinski definition) is 3. The number of carbonyl (C=O) groups excluding carboxylic acids is 1. The van der Waals surface area contributed by atoms with Gasteiger partial charge in [0, 0.05) is 35.9 Å². The molecule has 2 aromatic rings. The van der Waals surface area contributed by atoms with E-state index in [1.165, 1.54) is 0 Å². The van der Waals surface area contributed by atoms with Crippen LogP contribution in [-0.4, -0.2) is 27.6 Å². The van der Waals surface area contributed by atoms with Crippen molar-refractivity contribution in [3.05, 3.63) is 48.4 Å². The highest BCUT2D eigenvalue weighted by Crippen LogP contribution is 2.19. The Hall–Kier alpha value is -2.22. The fourth-order valence-corrected chi connectivity index (χ4v) is 2.73. The third kappa shape index (κ3) is 4.39. The summed E-state index contributed by atoms with van der Waals surface area (Å²) in [5.74, 6) is 0.103. The highest BCUT2D eigenvalue weighted by Gasteiger charge is 2.09. The maximum Gasteiger partial charge on any atom is 0.266 e. The Bertz CT molecular complexity index is 760. The molecule has 0 saturated heterocycles. The summed E-state index contributed by atoms with van der Waals surface area (Å²) in [7, 11) is 0. The number of carbonyl (C=O) groups is 1. The summed E-state index contributed by atoms with van der Waals surface area (Å²) in [5.41, 5.74) is 0.196. The van der Waals surface area contributed by atoms with E-state index in [1.807, 2.05) is 5.38 Å². The lowest BCUT2D eigenvalue weighted by Crippen LogP contribution is -2.31. The Labute approximate surface area is 130 Å². The minimum Gasteiger partial charge on any atom is -0.355 e. The zero-order valence-corrected chi connectivity index (χ0v) is 13.3. The predicted molar refractivity (Wildman–Crippen MR) is 84.3 cm³/mol. The molecule has 2 aromatic heterocycles. The molecule has 0 fully saturated rings. The Morgan fingerprint density at radius 2 is 2.14 bits per heavy atom. The van der Waals surface area contributed by atoms with Gasteiger partial charge in [-0.25, -0.2) is 4.98 Å². The normalized spacial score (nSPS) is 10.9. The van der Waals surface area contributed by atoms with Crippen LogP contribution in [0.2, 0.25) is 0 Å². The summed E-state index contributed by atoms with van der Waals surface area (Å²) in [6.45, 7) is 4.62. The molecule has 22 heavy (non-hydrogen) atoms. The maximum atomic E-state index is 11.8. The second-order valence-electron chi connectivity index (χ2n) is 5.22. The van der Waals surface area contributed by atoms with Gasteiger partial charge in [-0.3, -0.25) is 24.6 Å². The van der Waals surface area contributed by atoms with Gasteiger partial charge in [0.2, 0.25) is 5.91 Å². The van der Waals surface area contributed by atoms with E-state index >= 15 is 0 Å². The van der Waals surface area contributed by atoms with Gasteiger partial charge in [-0.15, -0.1) is 11.3 Å². The van der Waals surface area contributed by atoms with Crippen molar-refractivity contribution in [3.8, 4) is 0 Å². The molecule has 0 aliphatic carbocycles. The van der Waals surface area contributed by atoms with Gasteiger partial charge < -0.3 is 5.32 Å². The van der Waals surface area contributed by atoms with Gasteiger partial charge in [-0.1, -0.05) is 13.8 Å². The standard InChI is InChI=1S/C14H18N4O3S/c1-8(2)14-16-10(7-22-14)3-4-15-11(19)5-9-6-12(20)17-18-13(9)21/h6-8H,3-5H2,1-2H3,(H,15,19)(H,17,20)(H,18,21). The van der Waals surface area contributed by atoms with E-state index in [-0.39, 0.29) is 17.9 Å². The summed E-state index contributed by atoms with van der Waals surface area (Å²) in [6.07, 6.45) is 0.522. The molecule has 0 unspecified atom stereocenters. The van der Waals surface area contributed by atoms with Crippen molar-refractivity contribution in [1.29, 1.82) is 0 Å². The zero-order chi connectivity index (χ0) is 16.1. The van der Waals surface area contributed by atoms with Crippen molar-refractivity contribution in [2.75, 3.05) is 6.54 Å². The van der Waals surface area contributed by atoms with Crippen molar-refractivity contribution in [3.63, 3.8) is 0 Å². The number of aromatic nitrogens is 3. The number of hydrogen-bond acceptors (Lipinski definition) is 5. The summed E-state index contributed by atoms with van der Waals surface area (Å²) in [5, 5.41) is 10.1. The average molecular weight is 322 g/mol. The molecule has 7 nitrogen and oxygen atoms in total. The van der Waals surface area contributed by atoms with E-state index in [0.29, 0.717) is 18.9 Å². The number of nitrogens with one attached hydrogen (secondary N) is 3. The van der Waals surface area contributed by atoms with E-state index < -0.39 is 11.1 Å². The number of aromatic amines is 2. The van der Waals surface area contributed by atoms with E-state index in [2.05, 4.69) is 34.3 Å². The number of rotatable bonds is 6. The molecule has 118 valence electrons. The Kier molecular flexibility index (Phi) is 5.26. The van der Waals surface area contributed by atoms with Gasteiger partial charge in [0.05, 0.1) is 17.1 Å². The summed E-state index contributed by atoms with van der Waals surface area (Å²) in [6, 6.07) is 1.13. The third-order valence-corrected chi connectivity index (χ3v) is 4.21. The van der Waals surface area contributed by atoms with Crippen LogP contribution in [0.4, 0.5) is 0 Å². The van der Waals surface area contributed by atoms with Gasteiger partial charge in [-0.05, 0) is 0 Å². The van der Waals surface area contributed by atoms with Crippen molar-refractivity contribution in [2.45, 2.75) is 32.6 Å². The topological polar surface area (TPSA) is 108 Å². The number of amides is 1. The van der Waals surface area contributed by atoms with E-state index in [0.717, 1.165) is 16.8 Å². The first-order valence-corrected chi connectivity index (χ1v) is 7.85. The van der Waals surface area contributed by atoms with E-state index in [4.69, 9.17) is 0 Å². The Balaban J connectivity index is 1.84. The second kappa shape index (κ2) is 7.17. The number of H-pyrrole nitrogens is 2. The van der Waals surface area contributed by atoms with E-state index in [9.17, 15) is 14.4 Å². The molecule has 3 N–H and O–H groups in total. The van der Waals surface area contributed by atoms with Crippen LogP contribution in [0.3, 0.4) is 0 Å². The Morgan fingerprint density at radius 1 is 1.36 bits per heavy atom. The van der Waals surface area contributed by atoms with Crippen LogP contribution in [0, 0.1) is 0 Å². The lowest BCUT2D eigenvalue weighted by atomic mass is 10.2. The quantitative estimate of drug-likeness (QED) is 0.721. The largest absolute Gasteiger partial charge is 0.355 e. The smallest absolute Gasteiger partial charge is 0.266 e. The van der Waals surface area contributed by atoms with Crippen LogP contribution in [0.1, 0.15) is 36.0 Å². The Morgan fingerprint density at radius 3 is 2.82 bits per heavy atom. The first-order chi connectivity index (χ1) is 10.5. The zero-order valence-electron chi connectivity index (χ0n) is 12.4. The summed E-state index contributed by atoms with van der Waals surface area (Å²) >= 11 is 1.62. The molecule has 0 spiro atoms. The van der Waals surface area contributed by atoms with Gasteiger partial charge in [-0.2, -0.15) is 0 Å². The molecule has 8 heteroatoms. The van der Waals surface area contributed by atoms with Crippen LogP contribution in [0.25, 0.3) is 0 Å². The highest BCUT2D eigenvalue weighted by atomic mass is 32.1. The molecule has 2 rings (SSSR count). The molecule has 0 bridgehead atoms. The molecule has 0 saturated carbocycles. The van der Waals surface area contributed by atoms with Gasteiger partial charge in [0.25, 0.3) is 11.1 Å².